The first kappa shape index (κ1) is 11.6. The van der Waals surface area contributed by atoms with E-state index in [2.05, 4.69) is 18.1 Å². The van der Waals surface area contributed by atoms with Crippen LogP contribution in [0, 0.1) is 11.8 Å². The first-order chi connectivity index (χ1) is 7.72. The van der Waals surface area contributed by atoms with E-state index in [4.69, 9.17) is 5.73 Å². The third-order valence-electron chi connectivity index (χ3n) is 4.11. The summed E-state index contributed by atoms with van der Waals surface area (Å²) in [5, 5.41) is 4.21. The highest BCUT2D eigenvalue weighted by atomic mass is 15.3. The van der Waals surface area contributed by atoms with Crippen molar-refractivity contribution < 1.29 is 0 Å². The quantitative estimate of drug-likeness (QED) is 0.852. The summed E-state index contributed by atoms with van der Waals surface area (Å²) in [5.74, 6) is 1.53. The minimum absolute atomic E-state index is 0.168. The van der Waals surface area contributed by atoms with Crippen LogP contribution in [0.4, 0.5) is 0 Å². The van der Waals surface area contributed by atoms with Crippen molar-refractivity contribution in [2.45, 2.75) is 45.1 Å². The normalized spacial score (nSPS) is 27.9. The lowest BCUT2D eigenvalue weighted by Gasteiger charge is -2.32. The first-order valence-electron chi connectivity index (χ1n) is 6.45. The molecule has 1 aromatic rings. The highest BCUT2D eigenvalue weighted by molar-refractivity contribution is 5.07. The zero-order chi connectivity index (χ0) is 11.5. The number of aromatic nitrogens is 2. The summed E-state index contributed by atoms with van der Waals surface area (Å²) in [6.07, 6.45) is 8.45. The number of hydrogen-bond donors (Lipinski definition) is 1. The van der Waals surface area contributed by atoms with Crippen molar-refractivity contribution in [3.63, 3.8) is 0 Å². The Morgan fingerprint density at radius 3 is 3.00 bits per heavy atom. The molecule has 0 bridgehead atoms. The van der Waals surface area contributed by atoms with E-state index < -0.39 is 0 Å². The number of aryl methyl sites for hydroxylation is 1. The molecule has 0 spiro atoms. The van der Waals surface area contributed by atoms with Crippen LogP contribution in [0.1, 0.15) is 50.8 Å². The summed E-state index contributed by atoms with van der Waals surface area (Å²) >= 11 is 0. The Morgan fingerprint density at radius 1 is 1.56 bits per heavy atom. The highest BCUT2D eigenvalue weighted by Gasteiger charge is 2.27. The summed E-state index contributed by atoms with van der Waals surface area (Å²) in [5.41, 5.74) is 7.55. The minimum Gasteiger partial charge on any atom is -0.322 e. The number of hydrogen-bond acceptors (Lipinski definition) is 2. The molecule has 1 fully saturated rings. The molecule has 1 aliphatic rings. The second kappa shape index (κ2) is 5.00. The van der Waals surface area contributed by atoms with Gasteiger partial charge in [-0.2, -0.15) is 5.10 Å². The molecule has 0 amide bonds. The molecule has 90 valence electrons. The number of rotatable bonds is 3. The highest BCUT2D eigenvalue weighted by Crippen LogP contribution is 2.36. The molecule has 1 saturated carbocycles. The van der Waals surface area contributed by atoms with Gasteiger partial charge < -0.3 is 5.73 Å². The van der Waals surface area contributed by atoms with Crippen LogP contribution in [0.5, 0.6) is 0 Å². The van der Waals surface area contributed by atoms with E-state index in [1.807, 2.05) is 17.9 Å². The van der Waals surface area contributed by atoms with Crippen molar-refractivity contribution in [1.82, 2.24) is 9.78 Å². The lowest BCUT2D eigenvalue weighted by molar-refractivity contribution is 0.226. The van der Waals surface area contributed by atoms with Crippen molar-refractivity contribution in [2.24, 2.45) is 24.6 Å². The molecular weight excluding hydrogens is 198 g/mol. The topological polar surface area (TPSA) is 43.8 Å². The van der Waals surface area contributed by atoms with Crippen molar-refractivity contribution in [3.05, 3.63) is 18.0 Å². The van der Waals surface area contributed by atoms with E-state index in [1.54, 1.807) is 0 Å². The van der Waals surface area contributed by atoms with Crippen molar-refractivity contribution in [2.75, 3.05) is 0 Å². The molecule has 3 atom stereocenters. The summed E-state index contributed by atoms with van der Waals surface area (Å²) in [6.45, 7) is 2.29. The van der Waals surface area contributed by atoms with Crippen LogP contribution in [0.25, 0.3) is 0 Å². The summed E-state index contributed by atoms with van der Waals surface area (Å²) in [6, 6.07) is 2.22. The zero-order valence-corrected chi connectivity index (χ0v) is 10.4. The van der Waals surface area contributed by atoms with E-state index in [1.165, 1.54) is 37.8 Å². The SMILES string of the molecule is CCC1CCCC(C(N)c2ccnn2C)C1. The van der Waals surface area contributed by atoms with Gasteiger partial charge in [0.05, 0.1) is 5.69 Å². The Morgan fingerprint density at radius 2 is 2.38 bits per heavy atom. The number of nitrogens with two attached hydrogens (primary N) is 1. The first-order valence-corrected chi connectivity index (χ1v) is 6.45. The largest absolute Gasteiger partial charge is 0.322 e. The molecule has 1 heterocycles. The standard InChI is InChI=1S/C13H23N3/c1-3-10-5-4-6-11(9-10)13(14)12-7-8-15-16(12)2/h7-8,10-11,13H,3-6,9,14H2,1-2H3. The fourth-order valence-electron chi connectivity index (χ4n) is 2.98. The monoisotopic (exact) mass is 221 g/mol. The fourth-order valence-corrected chi connectivity index (χ4v) is 2.98. The molecule has 2 N–H and O–H groups in total. The van der Waals surface area contributed by atoms with Crippen molar-refractivity contribution in [3.8, 4) is 0 Å². The smallest absolute Gasteiger partial charge is 0.0550 e. The second-order valence-corrected chi connectivity index (χ2v) is 5.11. The molecule has 0 saturated heterocycles. The lowest BCUT2D eigenvalue weighted by atomic mass is 9.76. The van der Waals surface area contributed by atoms with Crippen LogP contribution in [-0.2, 0) is 7.05 Å². The van der Waals surface area contributed by atoms with Gasteiger partial charge in [-0.15, -0.1) is 0 Å². The van der Waals surface area contributed by atoms with Gasteiger partial charge in [0.1, 0.15) is 0 Å². The van der Waals surface area contributed by atoms with E-state index in [-0.39, 0.29) is 6.04 Å². The Hall–Kier alpha value is -0.830. The Bertz CT molecular complexity index is 332. The van der Waals surface area contributed by atoms with Crippen LogP contribution < -0.4 is 5.73 Å². The van der Waals surface area contributed by atoms with Crippen LogP contribution >= 0.6 is 0 Å². The number of nitrogens with zero attached hydrogens (tertiary/aromatic N) is 2. The van der Waals surface area contributed by atoms with Gasteiger partial charge in [-0.25, -0.2) is 0 Å². The van der Waals surface area contributed by atoms with Gasteiger partial charge in [-0.3, -0.25) is 4.68 Å². The van der Waals surface area contributed by atoms with Gasteiger partial charge in [-0.1, -0.05) is 26.2 Å². The molecule has 3 unspecified atom stereocenters. The third-order valence-corrected chi connectivity index (χ3v) is 4.11. The Labute approximate surface area is 98.0 Å². The maximum atomic E-state index is 6.37. The average molecular weight is 221 g/mol. The molecule has 1 aliphatic carbocycles. The van der Waals surface area contributed by atoms with Crippen LogP contribution in [0.2, 0.25) is 0 Å². The zero-order valence-electron chi connectivity index (χ0n) is 10.4. The van der Waals surface area contributed by atoms with Gasteiger partial charge >= 0.3 is 0 Å². The fraction of sp³-hybridized carbons (Fsp3) is 0.769. The molecule has 3 heteroatoms. The maximum Gasteiger partial charge on any atom is 0.0550 e. The minimum atomic E-state index is 0.168. The van der Waals surface area contributed by atoms with Crippen molar-refractivity contribution in [1.29, 1.82) is 0 Å². The summed E-state index contributed by atoms with van der Waals surface area (Å²) in [7, 11) is 1.98. The predicted octanol–water partition coefficient (Wildman–Crippen LogP) is 2.64. The van der Waals surface area contributed by atoms with Gasteiger partial charge in [0.2, 0.25) is 0 Å². The average Bonchev–Trinajstić information content (AvgIpc) is 2.74. The van der Waals surface area contributed by atoms with Crippen LogP contribution in [0.15, 0.2) is 12.3 Å². The molecule has 0 radical (unpaired) electrons. The van der Waals surface area contributed by atoms with E-state index in [0.717, 1.165) is 5.92 Å². The third kappa shape index (κ3) is 2.29. The summed E-state index contributed by atoms with van der Waals surface area (Å²) < 4.78 is 1.92. The second-order valence-electron chi connectivity index (χ2n) is 5.11. The predicted molar refractivity (Wildman–Crippen MR) is 65.9 cm³/mol. The van der Waals surface area contributed by atoms with Crippen molar-refractivity contribution >= 4 is 0 Å². The molecular formula is C13H23N3. The summed E-state index contributed by atoms with van der Waals surface area (Å²) in [4.78, 5) is 0. The van der Waals surface area contributed by atoms with Gasteiger partial charge in [-0.05, 0) is 30.7 Å². The van der Waals surface area contributed by atoms with Crippen LogP contribution in [-0.4, -0.2) is 9.78 Å². The molecule has 0 aromatic carbocycles. The van der Waals surface area contributed by atoms with E-state index in [0.29, 0.717) is 5.92 Å². The van der Waals surface area contributed by atoms with Gasteiger partial charge in [0, 0.05) is 19.3 Å². The molecule has 1 aromatic heterocycles. The molecule has 2 rings (SSSR count). The van der Waals surface area contributed by atoms with Crippen LogP contribution in [0.3, 0.4) is 0 Å². The molecule has 16 heavy (non-hydrogen) atoms. The van der Waals surface area contributed by atoms with Gasteiger partial charge in [0.15, 0.2) is 0 Å². The Kier molecular flexibility index (Phi) is 3.64. The molecule has 0 aliphatic heterocycles. The lowest BCUT2D eigenvalue weighted by Crippen LogP contribution is -2.28. The van der Waals surface area contributed by atoms with E-state index in [9.17, 15) is 0 Å². The Balaban J connectivity index is 2.04. The molecule has 3 nitrogen and oxygen atoms in total. The van der Waals surface area contributed by atoms with E-state index >= 15 is 0 Å². The maximum absolute atomic E-state index is 6.37. The van der Waals surface area contributed by atoms with Gasteiger partial charge in [0.25, 0.3) is 0 Å².